The minimum absolute atomic E-state index is 0.188. The van der Waals surface area contributed by atoms with Gasteiger partial charge in [-0.1, -0.05) is 48.8 Å². The average molecular weight is 313 g/mol. The number of carboxylic acids is 1. The summed E-state index contributed by atoms with van der Waals surface area (Å²) >= 11 is 3.38. The quantitative estimate of drug-likeness (QED) is 0.868. The van der Waals surface area contributed by atoms with Gasteiger partial charge in [0.05, 0.1) is 5.92 Å². The summed E-state index contributed by atoms with van der Waals surface area (Å²) in [6.07, 6.45) is 2.27. The molecule has 1 N–H and O–H groups in total. The van der Waals surface area contributed by atoms with Crippen molar-refractivity contribution in [2.75, 3.05) is 0 Å². The summed E-state index contributed by atoms with van der Waals surface area (Å²) in [6, 6.07) is 7.88. The van der Waals surface area contributed by atoms with Gasteiger partial charge in [0.15, 0.2) is 0 Å². The van der Waals surface area contributed by atoms with E-state index >= 15 is 0 Å². The number of hydrogen-bond donors (Lipinski definition) is 1. The van der Waals surface area contributed by atoms with Crippen molar-refractivity contribution in [1.82, 2.24) is 0 Å². The lowest BCUT2D eigenvalue weighted by Gasteiger charge is -2.21. The summed E-state index contributed by atoms with van der Waals surface area (Å²) in [5, 5.41) is 9.28. The second-order valence-corrected chi connectivity index (χ2v) is 6.88. The molecule has 0 bridgehead atoms. The molecule has 0 radical (unpaired) electrons. The molecule has 0 aromatic heterocycles. The predicted molar refractivity (Wildman–Crippen MR) is 77.7 cm³/mol. The molecule has 0 heterocycles. The number of carbonyl (C=O) groups is 1. The van der Waals surface area contributed by atoms with Crippen LogP contribution in [0.4, 0.5) is 0 Å². The highest BCUT2D eigenvalue weighted by molar-refractivity contribution is 9.10. The molecular weight excluding hydrogens is 292 g/mol. The van der Waals surface area contributed by atoms with Crippen molar-refractivity contribution >= 4 is 21.9 Å². The Morgan fingerprint density at radius 3 is 2.28 bits per heavy atom. The number of halogens is 1. The summed E-state index contributed by atoms with van der Waals surface area (Å²) in [5.74, 6) is -0.979. The van der Waals surface area contributed by atoms with E-state index in [-0.39, 0.29) is 11.3 Å². The normalized spacial score (nSPS) is 13.3. The maximum Gasteiger partial charge on any atom is 0.306 e. The molecule has 3 heteroatoms. The van der Waals surface area contributed by atoms with E-state index in [9.17, 15) is 9.90 Å². The molecule has 18 heavy (non-hydrogen) atoms. The van der Waals surface area contributed by atoms with Crippen LogP contribution < -0.4 is 0 Å². The molecule has 1 atom stereocenters. The Kier molecular flexibility index (Phi) is 5.39. The molecule has 100 valence electrons. The molecule has 2 nitrogen and oxygen atoms in total. The SMILES string of the molecule is CC(C)(C)CCC(Cc1ccc(Br)cc1)C(=O)O. The van der Waals surface area contributed by atoms with Crippen LogP contribution in [0.5, 0.6) is 0 Å². The first-order valence-corrected chi connectivity index (χ1v) is 7.04. The van der Waals surface area contributed by atoms with Crippen molar-refractivity contribution in [3.63, 3.8) is 0 Å². The van der Waals surface area contributed by atoms with Crippen molar-refractivity contribution < 1.29 is 9.90 Å². The standard InChI is InChI=1S/C15H21BrO2/c1-15(2,3)9-8-12(14(17)18)10-11-4-6-13(16)7-5-11/h4-7,12H,8-10H2,1-3H3,(H,17,18). The lowest BCUT2D eigenvalue weighted by Crippen LogP contribution is -2.19. The van der Waals surface area contributed by atoms with Crippen LogP contribution in [0.15, 0.2) is 28.7 Å². The van der Waals surface area contributed by atoms with Crippen molar-refractivity contribution in [3.8, 4) is 0 Å². The van der Waals surface area contributed by atoms with Crippen LogP contribution in [0.25, 0.3) is 0 Å². The predicted octanol–water partition coefficient (Wildman–Crippen LogP) is 4.52. The Labute approximate surface area is 118 Å². The van der Waals surface area contributed by atoms with Gasteiger partial charge in [0.2, 0.25) is 0 Å². The lowest BCUT2D eigenvalue weighted by molar-refractivity contribution is -0.142. The van der Waals surface area contributed by atoms with Gasteiger partial charge in [-0.3, -0.25) is 4.79 Å². The van der Waals surface area contributed by atoms with Gasteiger partial charge in [-0.25, -0.2) is 0 Å². The van der Waals surface area contributed by atoms with E-state index in [1.807, 2.05) is 24.3 Å². The summed E-state index contributed by atoms with van der Waals surface area (Å²) < 4.78 is 1.02. The van der Waals surface area contributed by atoms with Crippen LogP contribution in [0.3, 0.4) is 0 Å². The van der Waals surface area contributed by atoms with Crippen LogP contribution in [0.2, 0.25) is 0 Å². The molecule has 0 aliphatic rings. The third-order valence-electron chi connectivity index (χ3n) is 2.99. The zero-order chi connectivity index (χ0) is 13.8. The molecule has 0 aliphatic carbocycles. The summed E-state index contributed by atoms with van der Waals surface area (Å²) in [5.41, 5.74) is 1.27. The Morgan fingerprint density at radius 1 is 1.28 bits per heavy atom. The highest BCUT2D eigenvalue weighted by Crippen LogP contribution is 2.25. The topological polar surface area (TPSA) is 37.3 Å². The first-order chi connectivity index (χ1) is 8.28. The van der Waals surface area contributed by atoms with E-state index in [1.165, 1.54) is 0 Å². The summed E-state index contributed by atoms with van der Waals surface area (Å²) in [7, 11) is 0. The maximum atomic E-state index is 11.3. The van der Waals surface area contributed by atoms with Gasteiger partial charge in [0.25, 0.3) is 0 Å². The monoisotopic (exact) mass is 312 g/mol. The number of aliphatic carboxylic acids is 1. The molecule has 0 saturated heterocycles. The molecule has 1 aromatic rings. The summed E-state index contributed by atoms with van der Waals surface area (Å²) in [4.78, 5) is 11.3. The second kappa shape index (κ2) is 6.37. The Morgan fingerprint density at radius 2 is 1.83 bits per heavy atom. The van der Waals surface area contributed by atoms with E-state index in [0.29, 0.717) is 6.42 Å². The van der Waals surface area contributed by atoms with E-state index in [2.05, 4.69) is 36.7 Å². The van der Waals surface area contributed by atoms with Crippen molar-refractivity contribution in [3.05, 3.63) is 34.3 Å². The lowest BCUT2D eigenvalue weighted by atomic mass is 9.85. The van der Waals surface area contributed by atoms with E-state index in [1.54, 1.807) is 0 Å². The molecule has 1 aromatic carbocycles. The Balaban J connectivity index is 2.63. The fraction of sp³-hybridized carbons (Fsp3) is 0.533. The third kappa shape index (κ3) is 5.67. The number of hydrogen-bond acceptors (Lipinski definition) is 1. The van der Waals surface area contributed by atoms with Crippen LogP contribution in [-0.4, -0.2) is 11.1 Å². The molecule has 0 saturated carbocycles. The molecule has 1 rings (SSSR count). The highest BCUT2D eigenvalue weighted by atomic mass is 79.9. The first kappa shape index (κ1) is 15.2. The van der Waals surface area contributed by atoms with Gasteiger partial charge in [-0.15, -0.1) is 0 Å². The first-order valence-electron chi connectivity index (χ1n) is 6.25. The fourth-order valence-electron chi connectivity index (χ4n) is 1.83. The van der Waals surface area contributed by atoms with Gasteiger partial charge >= 0.3 is 5.97 Å². The zero-order valence-corrected chi connectivity index (χ0v) is 12.8. The molecule has 0 aliphatic heterocycles. The molecule has 0 fully saturated rings. The van der Waals surface area contributed by atoms with E-state index in [0.717, 1.165) is 22.9 Å². The summed E-state index contributed by atoms with van der Waals surface area (Å²) in [6.45, 7) is 6.43. The third-order valence-corrected chi connectivity index (χ3v) is 3.52. The van der Waals surface area contributed by atoms with Crippen molar-refractivity contribution in [2.45, 2.75) is 40.0 Å². The van der Waals surface area contributed by atoms with E-state index < -0.39 is 5.97 Å². The second-order valence-electron chi connectivity index (χ2n) is 5.97. The molecule has 0 spiro atoms. The van der Waals surface area contributed by atoms with Gasteiger partial charge < -0.3 is 5.11 Å². The van der Waals surface area contributed by atoms with Crippen molar-refractivity contribution in [2.24, 2.45) is 11.3 Å². The zero-order valence-electron chi connectivity index (χ0n) is 11.2. The smallest absolute Gasteiger partial charge is 0.306 e. The molecule has 0 amide bonds. The fourth-order valence-corrected chi connectivity index (χ4v) is 2.09. The maximum absolute atomic E-state index is 11.3. The average Bonchev–Trinajstić information content (AvgIpc) is 2.25. The highest BCUT2D eigenvalue weighted by Gasteiger charge is 2.21. The van der Waals surface area contributed by atoms with Crippen LogP contribution in [0, 0.1) is 11.3 Å². The van der Waals surface area contributed by atoms with Crippen LogP contribution in [0.1, 0.15) is 39.2 Å². The van der Waals surface area contributed by atoms with Gasteiger partial charge in [-0.2, -0.15) is 0 Å². The largest absolute Gasteiger partial charge is 0.481 e. The van der Waals surface area contributed by atoms with Crippen molar-refractivity contribution in [1.29, 1.82) is 0 Å². The van der Waals surface area contributed by atoms with E-state index in [4.69, 9.17) is 0 Å². The Bertz CT molecular complexity index is 390. The van der Waals surface area contributed by atoms with Crippen LogP contribution in [-0.2, 0) is 11.2 Å². The molecule has 1 unspecified atom stereocenters. The number of carboxylic acid groups (broad SMARTS) is 1. The van der Waals surface area contributed by atoms with Gasteiger partial charge in [0.1, 0.15) is 0 Å². The minimum atomic E-state index is -0.692. The number of benzene rings is 1. The Hall–Kier alpha value is -0.830. The minimum Gasteiger partial charge on any atom is -0.481 e. The van der Waals surface area contributed by atoms with Gasteiger partial charge in [-0.05, 0) is 42.4 Å². The number of rotatable bonds is 5. The van der Waals surface area contributed by atoms with Gasteiger partial charge in [0, 0.05) is 4.47 Å². The van der Waals surface area contributed by atoms with Crippen LogP contribution >= 0.6 is 15.9 Å². The molecular formula is C15H21BrO2.